The van der Waals surface area contributed by atoms with Crippen molar-refractivity contribution in [2.75, 3.05) is 36.0 Å². The molecule has 1 atom stereocenters. The molecule has 0 bridgehead atoms. The van der Waals surface area contributed by atoms with Crippen LogP contribution in [-0.4, -0.2) is 37.1 Å². The van der Waals surface area contributed by atoms with Crippen molar-refractivity contribution in [3.05, 3.63) is 89.1 Å². The molecule has 1 saturated heterocycles. The third kappa shape index (κ3) is 3.46. The highest BCUT2D eigenvalue weighted by molar-refractivity contribution is 6.07. The molecular formula is C25H25N3O2. The summed E-state index contributed by atoms with van der Waals surface area (Å²) < 4.78 is 6.03. The number of anilines is 2. The minimum atomic E-state index is 0.0127. The first-order valence-electron chi connectivity index (χ1n) is 10.5. The van der Waals surface area contributed by atoms with E-state index in [0.29, 0.717) is 12.2 Å². The summed E-state index contributed by atoms with van der Waals surface area (Å²) >= 11 is 0. The number of ether oxygens (including phenoxy) is 1. The number of benzene rings is 2. The van der Waals surface area contributed by atoms with Gasteiger partial charge in [-0.1, -0.05) is 42.5 Å². The first kappa shape index (κ1) is 18.8. The molecule has 5 heteroatoms. The quantitative estimate of drug-likeness (QED) is 0.663. The van der Waals surface area contributed by atoms with Crippen LogP contribution in [0.5, 0.6) is 0 Å². The van der Waals surface area contributed by atoms with Crippen LogP contribution in [0, 0.1) is 6.92 Å². The van der Waals surface area contributed by atoms with Gasteiger partial charge in [0.25, 0.3) is 5.91 Å². The van der Waals surface area contributed by atoms with E-state index in [4.69, 9.17) is 4.74 Å². The fraction of sp³-hybridized carbons (Fsp3) is 0.280. The Morgan fingerprint density at radius 3 is 2.70 bits per heavy atom. The zero-order chi connectivity index (χ0) is 20.5. The van der Waals surface area contributed by atoms with E-state index in [2.05, 4.69) is 47.1 Å². The highest BCUT2D eigenvalue weighted by atomic mass is 16.5. The second kappa shape index (κ2) is 7.92. The van der Waals surface area contributed by atoms with Crippen molar-refractivity contribution in [1.29, 1.82) is 0 Å². The molecule has 1 unspecified atom stereocenters. The zero-order valence-corrected chi connectivity index (χ0v) is 17.1. The van der Waals surface area contributed by atoms with Crippen LogP contribution in [0.4, 0.5) is 11.5 Å². The monoisotopic (exact) mass is 399 g/mol. The molecule has 2 aromatic carbocycles. The van der Waals surface area contributed by atoms with Gasteiger partial charge in [-0.25, -0.2) is 4.98 Å². The van der Waals surface area contributed by atoms with E-state index in [1.54, 1.807) is 6.20 Å². The lowest BCUT2D eigenvalue weighted by Crippen LogP contribution is -2.39. The molecule has 2 aliphatic heterocycles. The first-order valence-corrected chi connectivity index (χ1v) is 10.5. The Bertz CT molecular complexity index is 1060. The Labute approximate surface area is 176 Å². The van der Waals surface area contributed by atoms with Gasteiger partial charge in [0.05, 0.1) is 12.2 Å². The van der Waals surface area contributed by atoms with E-state index in [0.717, 1.165) is 37.6 Å². The van der Waals surface area contributed by atoms with Crippen molar-refractivity contribution in [2.45, 2.75) is 19.4 Å². The van der Waals surface area contributed by atoms with Crippen LogP contribution in [0.3, 0.4) is 0 Å². The van der Waals surface area contributed by atoms with Gasteiger partial charge >= 0.3 is 0 Å². The molecule has 3 aromatic rings. The van der Waals surface area contributed by atoms with Crippen LogP contribution < -0.4 is 9.80 Å². The zero-order valence-electron chi connectivity index (χ0n) is 17.1. The Hall–Kier alpha value is -3.18. The van der Waals surface area contributed by atoms with E-state index >= 15 is 0 Å². The number of hydrogen-bond donors (Lipinski definition) is 0. The summed E-state index contributed by atoms with van der Waals surface area (Å²) in [5.41, 5.74) is 5.33. The third-order valence-electron chi connectivity index (χ3n) is 6.05. The minimum Gasteiger partial charge on any atom is -0.370 e. The van der Waals surface area contributed by atoms with E-state index in [9.17, 15) is 4.79 Å². The molecule has 1 aromatic heterocycles. The van der Waals surface area contributed by atoms with E-state index in [-0.39, 0.29) is 12.0 Å². The van der Waals surface area contributed by atoms with Gasteiger partial charge in [0.15, 0.2) is 0 Å². The lowest BCUT2D eigenvalue weighted by molar-refractivity contribution is 0.0391. The average Bonchev–Trinajstić information content (AvgIpc) is 3.23. The topological polar surface area (TPSA) is 45.7 Å². The number of aryl methyl sites for hydroxylation is 1. The highest BCUT2D eigenvalue weighted by Crippen LogP contribution is 2.30. The van der Waals surface area contributed by atoms with E-state index in [1.807, 2.05) is 35.2 Å². The summed E-state index contributed by atoms with van der Waals surface area (Å²) in [4.78, 5) is 21.7. The van der Waals surface area contributed by atoms with Crippen molar-refractivity contribution in [3.63, 3.8) is 0 Å². The van der Waals surface area contributed by atoms with Crippen LogP contribution in [-0.2, 0) is 11.2 Å². The number of carbonyl (C=O) groups excluding carboxylic acids is 1. The largest absolute Gasteiger partial charge is 0.370 e. The number of hydrogen-bond acceptors (Lipinski definition) is 4. The summed E-state index contributed by atoms with van der Waals surface area (Å²) in [6.45, 7) is 5.05. The molecule has 0 N–H and O–H groups in total. The molecule has 3 heterocycles. The molecule has 0 aliphatic carbocycles. The molecule has 1 fully saturated rings. The number of carbonyl (C=O) groups is 1. The Morgan fingerprint density at radius 1 is 1.03 bits per heavy atom. The second-order valence-electron chi connectivity index (χ2n) is 7.90. The molecule has 152 valence electrons. The molecule has 30 heavy (non-hydrogen) atoms. The molecule has 5 nitrogen and oxygen atoms in total. The molecule has 2 aliphatic rings. The van der Waals surface area contributed by atoms with Gasteiger partial charge in [-0.05, 0) is 48.2 Å². The van der Waals surface area contributed by atoms with Crippen LogP contribution in [0.2, 0.25) is 0 Å². The van der Waals surface area contributed by atoms with Gasteiger partial charge in [0.2, 0.25) is 0 Å². The number of amides is 1. The maximum Gasteiger partial charge on any atom is 0.259 e. The van der Waals surface area contributed by atoms with Crippen LogP contribution >= 0.6 is 0 Å². The predicted molar refractivity (Wildman–Crippen MR) is 118 cm³/mol. The number of morpholine rings is 1. The maximum atomic E-state index is 13.0. The van der Waals surface area contributed by atoms with Gasteiger partial charge in [-0.15, -0.1) is 0 Å². The number of aromatic nitrogens is 1. The Kier molecular flexibility index (Phi) is 4.97. The summed E-state index contributed by atoms with van der Waals surface area (Å²) in [6.07, 6.45) is 2.64. The first-order chi connectivity index (χ1) is 14.7. The summed E-state index contributed by atoms with van der Waals surface area (Å²) in [5, 5.41) is 0. The van der Waals surface area contributed by atoms with Crippen LogP contribution in [0.1, 0.15) is 33.2 Å². The van der Waals surface area contributed by atoms with Gasteiger partial charge < -0.3 is 14.5 Å². The van der Waals surface area contributed by atoms with E-state index < -0.39 is 0 Å². The lowest BCUT2D eigenvalue weighted by atomic mass is 10.0. The Balaban J connectivity index is 1.32. The molecular weight excluding hydrogens is 374 g/mol. The van der Waals surface area contributed by atoms with Crippen molar-refractivity contribution in [2.24, 2.45) is 0 Å². The smallest absolute Gasteiger partial charge is 0.259 e. The van der Waals surface area contributed by atoms with Crippen molar-refractivity contribution < 1.29 is 9.53 Å². The molecule has 0 saturated carbocycles. The third-order valence-corrected chi connectivity index (χ3v) is 6.05. The number of nitrogens with zero attached hydrogens (tertiary/aromatic N) is 3. The number of para-hydroxylation sites is 1. The fourth-order valence-corrected chi connectivity index (χ4v) is 4.40. The number of rotatable bonds is 3. The summed E-state index contributed by atoms with van der Waals surface area (Å²) in [7, 11) is 0. The summed E-state index contributed by atoms with van der Waals surface area (Å²) in [6, 6.07) is 20.3. The maximum absolute atomic E-state index is 13.0. The predicted octanol–water partition coefficient (Wildman–Crippen LogP) is 4.17. The standard InChI is InChI=1S/C25H25N3O2/c1-18-6-2-4-8-21(18)23-17-27(14-15-30-23)24-11-10-20(16-26-24)25(29)28-13-12-19-7-3-5-9-22(19)28/h2-11,16,23H,12-15,17H2,1H3. The fourth-order valence-electron chi connectivity index (χ4n) is 4.40. The van der Waals surface area contributed by atoms with Gasteiger partial charge in [0.1, 0.15) is 11.9 Å². The van der Waals surface area contributed by atoms with Crippen molar-refractivity contribution in [3.8, 4) is 0 Å². The molecule has 1 amide bonds. The number of pyridine rings is 1. The molecule has 5 rings (SSSR count). The lowest BCUT2D eigenvalue weighted by Gasteiger charge is -2.34. The minimum absolute atomic E-state index is 0.0127. The Morgan fingerprint density at radius 2 is 1.87 bits per heavy atom. The number of fused-ring (bicyclic) bond motifs is 1. The molecule has 0 spiro atoms. The van der Waals surface area contributed by atoms with Crippen molar-refractivity contribution in [1.82, 2.24) is 4.98 Å². The van der Waals surface area contributed by atoms with Gasteiger partial charge in [-0.2, -0.15) is 0 Å². The van der Waals surface area contributed by atoms with Gasteiger partial charge in [0, 0.05) is 31.5 Å². The average molecular weight is 399 g/mol. The molecule has 0 radical (unpaired) electrons. The van der Waals surface area contributed by atoms with E-state index in [1.165, 1.54) is 16.7 Å². The van der Waals surface area contributed by atoms with Crippen LogP contribution in [0.25, 0.3) is 0 Å². The summed E-state index contributed by atoms with van der Waals surface area (Å²) in [5.74, 6) is 0.897. The van der Waals surface area contributed by atoms with Crippen LogP contribution in [0.15, 0.2) is 66.9 Å². The SMILES string of the molecule is Cc1ccccc1C1CN(c2ccc(C(=O)N3CCc4ccccc43)cn2)CCO1. The highest BCUT2D eigenvalue weighted by Gasteiger charge is 2.27. The normalized spacial score (nSPS) is 18.4. The van der Waals surface area contributed by atoms with Gasteiger partial charge in [-0.3, -0.25) is 4.79 Å². The second-order valence-corrected chi connectivity index (χ2v) is 7.90. The van der Waals surface area contributed by atoms with Crippen molar-refractivity contribution >= 4 is 17.4 Å².